The fourth-order valence-corrected chi connectivity index (χ4v) is 4.19. The summed E-state index contributed by atoms with van der Waals surface area (Å²) in [5.74, 6) is -0.357. The number of rotatable bonds is 22. The van der Waals surface area contributed by atoms with Gasteiger partial charge in [0.1, 0.15) is 6.04 Å². The van der Waals surface area contributed by atoms with Gasteiger partial charge in [-0.25, -0.2) is 9.59 Å². The Kier molecular flexibility index (Phi) is 21.7. The van der Waals surface area contributed by atoms with Crippen LogP contribution in [0.5, 0.6) is 0 Å². The Morgan fingerprint density at radius 1 is 0.606 bits per heavy atom. The van der Waals surface area contributed by atoms with Gasteiger partial charge in [-0.2, -0.15) is 0 Å². The molecule has 1 amide bonds. The summed E-state index contributed by atoms with van der Waals surface area (Å²) in [6, 6.07) is -0.601. The van der Waals surface area contributed by atoms with E-state index in [-0.39, 0.29) is 11.9 Å². The normalized spacial score (nSPS) is 12.1. The zero-order valence-electron chi connectivity index (χ0n) is 22.7. The Labute approximate surface area is 205 Å². The predicted octanol–water partition coefficient (Wildman–Crippen LogP) is 8.29. The van der Waals surface area contributed by atoms with Crippen molar-refractivity contribution in [2.75, 3.05) is 20.3 Å². The van der Waals surface area contributed by atoms with Crippen molar-refractivity contribution in [3.63, 3.8) is 0 Å². The van der Waals surface area contributed by atoms with E-state index in [9.17, 15) is 9.59 Å². The van der Waals surface area contributed by atoms with Gasteiger partial charge in [0.2, 0.25) is 0 Å². The minimum atomic E-state index is -0.601. The lowest BCUT2D eigenvalue weighted by molar-refractivity contribution is -0.150. The molecule has 0 saturated carbocycles. The molecule has 0 aliphatic heterocycles. The van der Waals surface area contributed by atoms with Gasteiger partial charge >= 0.3 is 12.1 Å². The molecule has 0 aromatic carbocycles. The SMILES string of the molecule is CCCCCCCCCCCCCCCCCCOC(=O)C(C(C)C)N(C)C(=O)OCCC. The molecular formula is C28H55NO4. The first-order valence-electron chi connectivity index (χ1n) is 14.0. The molecule has 1 atom stereocenters. The summed E-state index contributed by atoms with van der Waals surface area (Å²) in [4.78, 5) is 25.9. The van der Waals surface area contributed by atoms with Gasteiger partial charge in [0.05, 0.1) is 13.2 Å². The Morgan fingerprint density at radius 2 is 1.03 bits per heavy atom. The lowest BCUT2D eigenvalue weighted by Gasteiger charge is -2.28. The molecule has 0 N–H and O–H groups in total. The molecule has 0 radical (unpaired) electrons. The summed E-state index contributed by atoms with van der Waals surface area (Å²) in [5, 5.41) is 0. The quantitative estimate of drug-likeness (QED) is 0.118. The second kappa shape index (κ2) is 22.5. The molecule has 0 fully saturated rings. The van der Waals surface area contributed by atoms with Crippen LogP contribution in [0, 0.1) is 5.92 Å². The molecule has 0 bridgehead atoms. The van der Waals surface area contributed by atoms with Crippen molar-refractivity contribution in [2.45, 2.75) is 143 Å². The van der Waals surface area contributed by atoms with E-state index in [2.05, 4.69) is 6.92 Å². The predicted molar refractivity (Wildman–Crippen MR) is 139 cm³/mol. The minimum absolute atomic E-state index is 0.0255. The average molecular weight is 470 g/mol. The third-order valence-electron chi connectivity index (χ3n) is 6.25. The first kappa shape index (κ1) is 31.7. The summed E-state index contributed by atoms with van der Waals surface area (Å²) in [6.45, 7) is 8.85. The van der Waals surface area contributed by atoms with Crippen molar-refractivity contribution < 1.29 is 19.1 Å². The molecular weight excluding hydrogens is 414 g/mol. The number of likely N-dealkylation sites (N-methyl/N-ethyl adjacent to an activating group) is 1. The summed E-state index contributed by atoms with van der Waals surface area (Å²) < 4.78 is 10.6. The number of ether oxygens (including phenoxy) is 2. The highest BCUT2D eigenvalue weighted by Gasteiger charge is 2.31. The van der Waals surface area contributed by atoms with Crippen LogP contribution in [0.2, 0.25) is 0 Å². The Hall–Kier alpha value is -1.26. The van der Waals surface area contributed by atoms with Crippen LogP contribution in [0.25, 0.3) is 0 Å². The molecule has 0 heterocycles. The van der Waals surface area contributed by atoms with Crippen LogP contribution in [0.1, 0.15) is 137 Å². The second-order valence-corrected chi connectivity index (χ2v) is 9.88. The molecule has 0 aromatic rings. The molecule has 0 spiro atoms. The summed E-state index contributed by atoms with van der Waals surface area (Å²) in [7, 11) is 1.61. The minimum Gasteiger partial charge on any atom is -0.464 e. The van der Waals surface area contributed by atoms with Gasteiger partial charge in [0, 0.05) is 7.05 Å². The van der Waals surface area contributed by atoms with Crippen molar-refractivity contribution in [1.82, 2.24) is 4.90 Å². The molecule has 0 aromatic heterocycles. The average Bonchev–Trinajstić information content (AvgIpc) is 2.79. The van der Waals surface area contributed by atoms with E-state index < -0.39 is 12.1 Å². The number of esters is 1. The fraction of sp³-hybridized carbons (Fsp3) is 0.929. The molecule has 196 valence electrons. The highest BCUT2D eigenvalue weighted by Crippen LogP contribution is 2.15. The van der Waals surface area contributed by atoms with Gasteiger partial charge in [0.25, 0.3) is 0 Å². The highest BCUT2D eigenvalue weighted by molar-refractivity contribution is 5.81. The maximum atomic E-state index is 12.5. The van der Waals surface area contributed by atoms with Crippen molar-refractivity contribution >= 4 is 12.1 Å². The zero-order valence-corrected chi connectivity index (χ0v) is 22.7. The van der Waals surface area contributed by atoms with Crippen molar-refractivity contribution in [3.05, 3.63) is 0 Å². The topological polar surface area (TPSA) is 55.8 Å². The van der Waals surface area contributed by atoms with Gasteiger partial charge in [0.15, 0.2) is 0 Å². The molecule has 5 heteroatoms. The highest BCUT2D eigenvalue weighted by atomic mass is 16.6. The van der Waals surface area contributed by atoms with E-state index >= 15 is 0 Å². The molecule has 0 rings (SSSR count). The maximum absolute atomic E-state index is 12.5. The lowest BCUT2D eigenvalue weighted by atomic mass is 10.0. The zero-order chi connectivity index (χ0) is 24.7. The van der Waals surface area contributed by atoms with Crippen LogP contribution in [-0.4, -0.2) is 43.3 Å². The number of hydrogen-bond donors (Lipinski definition) is 0. The summed E-state index contributed by atoms with van der Waals surface area (Å²) in [6.07, 6.45) is 21.4. The summed E-state index contributed by atoms with van der Waals surface area (Å²) in [5.41, 5.74) is 0. The lowest BCUT2D eigenvalue weighted by Crippen LogP contribution is -2.46. The van der Waals surface area contributed by atoms with Crippen LogP contribution in [0.15, 0.2) is 0 Å². The smallest absolute Gasteiger partial charge is 0.410 e. The number of amides is 1. The van der Waals surface area contributed by atoms with Gasteiger partial charge in [-0.1, -0.05) is 124 Å². The molecule has 0 aliphatic rings. The molecule has 0 aliphatic carbocycles. The van der Waals surface area contributed by atoms with Gasteiger partial charge in [-0.15, -0.1) is 0 Å². The van der Waals surface area contributed by atoms with Gasteiger partial charge in [-0.05, 0) is 18.8 Å². The molecule has 5 nitrogen and oxygen atoms in total. The van der Waals surface area contributed by atoms with Gasteiger partial charge in [-0.3, -0.25) is 4.90 Å². The van der Waals surface area contributed by atoms with E-state index in [0.717, 1.165) is 19.3 Å². The Bertz CT molecular complexity index is 467. The Balaban J connectivity index is 3.65. The monoisotopic (exact) mass is 469 g/mol. The number of carbonyl (C=O) groups is 2. The van der Waals surface area contributed by atoms with Crippen LogP contribution in [0.3, 0.4) is 0 Å². The third-order valence-corrected chi connectivity index (χ3v) is 6.25. The number of carbonyl (C=O) groups excluding carboxylic acids is 2. The fourth-order valence-electron chi connectivity index (χ4n) is 4.19. The van der Waals surface area contributed by atoms with Crippen LogP contribution < -0.4 is 0 Å². The van der Waals surface area contributed by atoms with Gasteiger partial charge < -0.3 is 9.47 Å². The van der Waals surface area contributed by atoms with Crippen molar-refractivity contribution in [3.8, 4) is 0 Å². The van der Waals surface area contributed by atoms with Crippen molar-refractivity contribution in [2.24, 2.45) is 5.92 Å². The Morgan fingerprint density at radius 3 is 1.42 bits per heavy atom. The van der Waals surface area contributed by atoms with E-state index in [1.54, 1.807) is 7.05 Å². The summed E-state index contributed by atoms with van der Waals surface area (Å²) >= 11 is 0. The van der Waals surface area contributed by atoms with Crippen LogP contribution in [-0.2, 0) is 14.3 Å². The first-order valence-corrected chi connectivity index (χ1v) is 14.0. The second-order valence-electron chi connectivity index (χ2n) is 9.88. The van der Waals surface area contributed by atoms with E-state index in [4.69, 9.17) is 9.47 Å². The van der Waals surface area contributed by atoms with E-state index in [0.29, 0.717) is 13.2 Å². The van der Waals surface area contributed by atoms with Crippen LogP contribution >= 0.6 is 0 Å². The number of unbranched alkanes of at least 4 members (excludes halogenated alkanes) is 15. The third kappa shape index (κ3) is 17.8. The molecule has 33 heavy (non-hydrogen) atoms. The first-order chi connectivity index (χ1) is 16.0. The van der Waals surface area contributed by atoms with Crippen LogP contribution in [0.4, 0.5) is 4.79 Å². The number of hydrogen-bond acceptors (Lipinski definition) is 4. The molecule has 0 saturated heterocycles. The standard InChI is InChI=1S/C28H55NO4/c1-6-8-9-10-11-12-13-14-15-16-17-18-19-20-21-22-24-32-27(30)26(25(3)4)29(5)28(31)33-23-7-2/h25-26H,6-24H2,1-5H3. The largest absolute Gasteiger partial charge is 0.464 e. The van der Waals surface area contributed by atoms with Crippen molar-refractivity contribution in [1.29, 1.82) is 0 Å². The van der Waals surface area contributed by atoms with E-state index in [1.165, 1.54) is 94.8 Å². The molecule has 1 unspecified atom stereocenters. The number of nitrogens with zero attached hydrogens (tertiary/aromatic N) is 1. The maximum Gasteiger partial charge on any atom is 0.410 e. The van der Waals surface area contributed by atoms with E-state index in [1.807, 2.05) is 20.8 Å².